The molecule has 122 valence electrons. The number of fused-ring (bicyclic) bond motifs is 1. The molecular formula is C19H18N2O2S. The van der Waals surface area contributed by atoms with Crippen LogP contribution in [0.25, 0.3) is 10.8 Å². The molecule has 1 aliphatic rings. The highest BCUT2D eigenvalue weighted by Crippen LogP contribution is 2.23. The summed E-state index contributed by atoms with van der Waals surface area (Å²) in [6.45, 7) is 1.39. The molecule has 4 rings (SSSR count). The lowest BCUT2D eigenvalue weighted by atomic mass is 10.0. The van der Waals surface area contributed by atoms with Crippen LogP contribution in [-0.2, 0) is 11.2 Å². The Balaban J connectivity index is 1.43. The molecular weight excluding hydrogens is 320 g/mol. The minimum absolute atomic E-state index is 0.0487. The Bertz CT molecular complexity index is 842. The molecule has 2 aromatic carbocycles. The van der Waals surface area contributed by atoms with Crippen molar-refractivity contribution in [2.75, 3.05) is 13.1 Å². The predicted molar refractivity (Wildman–Crippen MR) is 95.4 cm³/mol. The molecule has 1 saturated heterocycles. The van der Waals surface area contributed by atoms with Crippen molar-refractivity contribution in [3.63, 3.8) is 0 Å². The largest absolute Gasteiger partial charge is 0.465 e. The van der Waals surface area contributed by atoms with Crippen LogP contribution in [0.3, 0.4) is 0 Å². The molecule has 0 spiro atoms. The number of carbonyl (C=O) groups excluding carboxylic acids is 1. The van der Waals surface area contributed by atoms with Crippen molar-refractivity contribution in [3.05, 3.63) is 59.6 Å². The number of hydrogen-bond acceptors (Lipinski definition) is 4. The number of thiazole rings is 1. The maximum Gasteiger partial charge on any atom is 0.273 e. The van der Waals surface area contributed by atoms with Crippen LogP contribution in [-0.4, -0.2) is 35.0 Å². The van der Waals surface area contributed by atoms with Gasteiger partial charge in [0.25, 0.3) is 5.19 Å². The highest BCUT2D eigenvalue weighted by Gasteiger charge is 2.28. The fourth-order valence-corrected chi connectivity index (χ4v) is 3.73. The molecule has 1 atom stereocenters. The summed E-state index contributed by atoms with van der Waals surface area (Å²) in [7, 11) is 0. The van der Waals surface area contributed by atoms with Crippen molar-refractivity contribution in [2.24, 2.45) is 0 Å². The first-order chi connectivity index (χ1) is 11.8. The van der Waals surface area contributed by atoms with Gasteiger partial charge in [0.05, 0.1) is 13.0 Å². The number of rotatable bonds is 4. The summed E-state index contributed by atoms with van der Waals surface area (Å²) in [5.41, 5.74) is 1.09. The van der Waals surface area contributed by atoms with Gasteiger partial charge in [-0.1, -0.05) is 53.8 Å². The Hall–Kier alpha value is -2.40. The van der Waals surface area contributed by atoms with Crippen molar-refractivity contribution < 1.29 is 9.53 Å². The lowest BCUT2D eigenvalue weighted by Gasteiger charge is -2.17. The van der Waals surface area contributed by atoms with Gasteiger partial charge < -0.3 is 9.64 Å². The van der Waals surface area contributed by atoms with Gasteiger partial charge in [-0.25, -0.2) is 4.98 Å². The first-order valence-corrected chi connectivity index (χ1v) is 8.98. The minimum atomic E-state index is 0.0487. The summed E-state index contributed by atoms with van der Waals surface area (Å²) < 4.78 is 5.83. The second-order valence-electron chi connectivity index (χ2n) is 5.98. The molecule has 0 saturated carbocycles. The fraction of sp³-hybridized carbons (Fsp3) is 0.263. The molecule has 0 radical (unpaired) electrons. The highest BCUT2D eigenvalue weighted by molar-refractivity contribution is 7.11. The molecule has 0 aliphatic carbocycles. The summed E-state index contributed by atoms with van der Waals surface area (Å²) in [4.78, 5) is 18.7. The third-order valence-electron chi connectivity index (χ3n) is 4.40. The Morgan fingerprint density at radius 3 is 3.00 bits per heavy atom. The summed E-state index contributed by atoms with van der Waals surface area (Å²) in [5.74, 6) is 0.164. The maximum atomic E-state index is 12.7. The zero-order valence-electron chi connectivity index (χ0n) is 13.2. The quantitative estimate of drug-likeness (QED) is 0.731. The molecule has 4 nitrogen and oxygen atoms in total. The number of amides is 1. The van der Waals surface area contributed by atoms with Crippen LogP contribution >= 0.6 is 11.3 Å². The lowest BCUT2D eigenvalue weighted by Crippen LogP contribution is -2.32. The number of aromatic nitrogens is 1. The van der Waals surface area contributed by atoms with E-state index in [1.807, 2.05) is 34.5 Å². The molecule has 5 heteroatoms. The molecule has 1 aliphatic heterocycles. The van der Waals surface area contributed by atoms with Gasteiger partial charge in [-0.2, -0.15) is 0 Å². The average molecular weight is 338 g/mol. The molecule has 0 N–H and O–H groups in total. The second kappa shape index (κ2) is 6.61. The lowest BCUT2D eigenvalue weighted by molar-refractivity contribution is -0.129. The van der Waals surface area contributed by atoms with Crippen molar-refractivity contribution in [1.82, 2.24) is 9.88 Å². The standard InChI is InChI=1S/C19H18N2O2S/c22-18(12-15-6-3-5-14-4-1-2-7-17(14)15)21-10-8-16(13-21)23-19-20-9-11-24-19/h1-7,9,11,16H,8,10,12-13H2. The summed E-state index contributed by atoms with van der Waals surface area (Å²) >= 11 is 1.49. The van der Waals surface area contributed by atoms with Crippen LogP contribution in [0.15, 0.2) is 54.0 Å². The van der Waals surface area contributed by atoms with Gasteiger partial charge in [-0.3, -0.25) is 4.79 Å². The summed E-state index contributed by atoms with van der Waals surface area (Å²) in [6, 6.07) is 14.3. The van der Waals surface area contributed by atoms with Crippen molar-refractivity contribution >= 4 is 28.0 Å². The van der Waals surface area contributed by atoms with Gasteiger partial charge in [0.2, 0.25) is 5.91 Å². The first-order valence-electron chi connectivity index (χ1n) is 8.10. The maximum absolute atomic E-state index is 12.7. The van der Waals surface area contributed by atoms with Crippen LogP contribution in [0.4, 0.5) is 0 Å². The molecule has 1 unspecified atom stereocenters. The normalized spacial score (nSPS) is 17.3. The van der Waals surface area contributed by atoms with Crippen molar-refractivity contribution in [2.45, 2.75) is 18.9 Å². The monoisotopic (exact) mass is 338 g/mol. The Morgan fingerprint density at radius 1 is 1.25 bits per heavy atom. The molecule has 3 aromatic rings. The van der Waals surface area contributed by atoms with Gasteiger partial charge in [-0.05, 0) is 16.3 Å². The van der Waals surface area contributed by atoms with Gasteiger partial charge in [0, 0.05) is 24.5 Å². The van der Waals surface area contributed by atoms with Crippen LogP contribution in [0.5, 0.6) is 5.19 Å². The number of ether oxygens (including phenoxy) is 1. The summed E-state index contributed by atoms with van der Waals surface area (Å²) in [5, 5.41) is 4.91. The topological polar surface area (TPSA) is 42.4 Å². The van der Waals surface area contributed by atoms with E-state index in [-0.39, 0.29) is 12.0 Å². The minimum Gasteiger partial charge on any atom is -0.465 e. The van der Waals surface area contributed by atoms with E-state index in [0.29, 0.717) is 18.2 Å². The fourth-order valence-electron chi connectivity index (χ4n) is 3.18. The highest BCUT2D eigenvalue weighted by atomic mass is 32.1. The molecule has 24 heavy (non-hydrogen) atoms. The third kappa shape index (κ3) is 3.12. The Labute approximate surface area is 144 Å². The van der Waals surface area contributed by atoms with E-state index in [9.17, 15) is 4.79 Å². The zero-order chi connectivity index (χ0) is 16.4. The van der Waals surface area contributed by atoms with E-state index in [4.69, 9.17) is 4.74 Å². The van der Waals surface area contributed by atoms with Crippen molar-refractivity contribution in [3.8, 4) is 5.19 Å². The molecule has 0 bridgehead atoms. The van der Waals surface area contributed by atoms with E-state index in [1.54, 1.807) is 6.20 Å². The van der Waals surface area contributed by atoms with Gasteiger partial charge in [0.15, 0.2) is 0 Å². The van der Waals surface area contributed by atoms with Crippen LogP contribution < -0.4 is 4.74 Å². The predicted octanol–water partition coefficient (Wildman–Crippen LogP) is 3.52. The van der Waals surface area contributed by atoms with E-state index in [2.05, 4.69) is 23.2 Å². The van der Waals surface area contributed by atoms with Gasteiger partial charge >= 0.3 is 0 Å². The number of hydrogen-bond donors (Lipinski definition) is 0. The third-order valence-corrected chi connectivity index (χ3v) is 5.06. The van der Waals surface area contributed by atoms with Gasteiger partial charge in [0.1, 0.15) is 6.10 Å². The second-order valence-corrected chi connectivity index (χ2v) is 6.84. The van der Waals surface area contributed by atoms with E-state index < -0.39 is 0 Å². The van der Waals surface area contributed by atoms with E-state index in [1.165, 1.54) is 16.7 Å². The van der Waals surface area contributed by atoms with Crippen LogP contribution in [0.1, 0.15) is 12.0 Å². The zero-order valence-corrected chi connectivity index (χ0v) is 14.0. The average Bonchev–Trinajstić information content (AvgIpc) is 3.28. The van der Waals surface area contributed by atoms with Crippen LogP contribution in [0, 0.1) is 0 Å². The van der Waals surface area contributed by atoms with Crippen LogP contribution in [0.2, 0.25) is 0 Å². The smallest absolute Gasteiger partial charge is 0.273 e. The van der Waals surface area contributed by atoms with Crippen molar-refractivity contribution in [1.29, 1.82) is 0 Å². The first kappa shape index (κ1) is 15.1. The molecule has 1 aromatic heterocycles. The molecule has 1 fully saturated rings. The van der Waals surface area contributed by atoms with E-state index in [0.717, 1.165) is 23.9 Å². The Kier molecular flexibility index (Phi) is 4.17. The number of carbonyl (C=O) groups is 1. The van der Waals surface area contributed by atoms with E-state index >= 15 is 0 Å². The SMILES string of the molecule is O=C(Cc1cccc2ccccc12)N1CCC(Oc2nccs2)C1. The Morgan fingerprint density at radius 2 is 2.12 bits per heavy atom. The van der Waals surface area contributed by atoms with Gasteiger partial charge in [-0.15, -0.1) is 0 Å². The number of benzene rings is 2. The molecule has 2 heterocycles. The number of likely N-dealkylation sites (tertiary alicyclic amines) is 1. The molecule has 1 amide bonds. The number of nitrogens with zero attached hydrogens (tertiary/aromatic N) is 2. The summed E-state index contributed by atoms with van der Waals surface area (Å²) in [6.07, 6.45) is 3.08.